The summed E-state index contributed by atoms with van der Waals surface area (Å²) in [4.78, 5) is 25.1. The Kier molecular flexibility index (Phi) is 10.5. The summed E-state index contributed by atoms with van der Waals surface area (Å²) in [6, 6.07) is 0. The van der Waals surface area contributed by atoms with Crippen molar-refractivity contribution in [2.75, 3.05) is 6.61 Å². The first-order valence-corrected chi connectivity index (χ1v) is 20.6. The first-order valence-electron chi connectivity index (χ1n) is 20.6. The zero-order valence-corrected chi connectivity index (χ0v) is 32.2. The predicted octanol–water partition coefficient (Wildman–Crippen LogP) is 4.48. The van der Waals surface area contributed by atoms with E-state index in [0.717, 1.165) is 63.4 Å². The maximum Gasteiger partial charge on any atom is 0.331 e. The number of ether oxygens (including phenoxy) is 7. The van der Waals surface area contributed by atoms with Gasteiger partial charge in [0.2, 0.25) is 0 Å². The summed E-state index contributed by atoms with van der Waals surface area (Å²) in [6.45, 7) is 10.6. The monoisotopic (exact) mass is 746 g/mol. The van der Waals surface area contributed by atoms with Gasteiger partial charge in [-0.2, -0.15) is 0 Å². The molecule has 7 fully saturated rings. The quantitative estimate of drug-likeness (QED) is 0.248. The summed E-state index contributed by atoms with van der Waals surface area (Å²) in [5.74, 6) is 0.986. The van der Waals surface area contributed by atoms with Crippen molar-refractivity contribution >= 4 is 11.8 Å². The molecule has 0 radical (unpaired) electrons. The maximum atomic E-state index is 13.1. The van der Waals surface area contributed by atoms with Gasteiger partial charge in [-0.1, -0.05) is 13.8 Å². The number of fused-ring (bicyclic) bond motifs is 5. The number of Topliss-reactive ketones (excluding diaryl/α,β-unsaturated/α-hetero) is 1. The molecule has 0 aromatic carbocycles. The van der Waals surface area contributed by atoms with Crippen molar-refractivity contribution in [3.63, 3.8) is 0 Å². The topological polar surface area (TPSA) is 159 Å². The second-order valence-corrected chi connectivity index (χ2v) is 18.5. The number of ketones is 1. The average molecular weight is 747 g/mol. The molecule has 12 heteroatoms. The van der Waals surface area contributed by atoms with Gasteiger partial charge in [0.05, 0.1) is 48.6 Å². The van der Waals surface area contributed by atoms with Gasteiger partial charge in [0.25, 0.3) is 0 Å². The number of aliphatic hydroxyl groups excluding tert-OH is 2. The van der Waals surface area contributed by atoms with Gasteiger partial charge in [-0.25, -0.2) is 4.79 Å². The molecule has 1 unspecified atom stereocenters. The molecule has 0 amide bonds. The fourth-order valence-corrected chi connectivity index (χ4v) is 12.7. The van der Waals surface area contributed by atoms with Gasteiger partial charge >= 0.3 is 5.97 Å². The molecular formula is C41H62O12. The molecule has 0 spiro atoms. The van der Waals surface area contributed by atoms with Crippen LogP contribution >= 0.6 is 0 Å². The second-order valence-electron chi connectivity index (χ2n) is 18.5. The molecule has 0 aromatic heterocycles. The minimum absolute atomic E-state index is 0.0228. The van der Waals surface area contributed by atoms with E-state index in [9.17, 15) is 24.9 Å². The van der Waals surface area contributed by atoms with Gasteiger partial charge in [-0.15, -0.1) is 0 Å². The highest BCUT2D eigenvalue weighted by Crippen LogP contribution is 2.70. The Morgan fingerprint density at radius 1 is 0.774 bits per heavy atom. The van der Waals surface area contributed by atoms with Crippen molar-refractivity contribution in [3.8, 4) is 0 Å². The van der Waals surface area contributed by atoms with Gasteiger partial charge < -0.3 is 48.5 Å². The number of cyclic esters (lactones) is 1. The van der Waals surface area contributed by atoms with Crippen LogP contribution in [-0.4, -0.2) is 107 Å². The minimum Gasteiger partial charge on any atom is -0.458 e. The van der Waals surface area contributed by atoms with E-state index in [2.05, 4.69) is 13.8 Å². The third-order valence-electron chi connectivity index (χ3n) is 15.5. The average Bonchev–Trinajstić information content (AvgIpc) is 3.63. The lowest BCUT2D eigenvalue weighted by Crippen LogP contribution is -2.62. The summed E-state index contributed by atoms with van der Waals surface area (Å²) in [5.41, 5.74) is 0.230. The fourth-order valence-electron chi connectivity index (χ4n) is 12.7. The molecule has 3 saturated heterocycles. The molecule has 0 aromatic rings. The predicted molar refractivity (Wildman–Crippen MR) is 189 cm³/mol. The molecule has 4 aliphatic heterocycles. The molecule has 298 valence electrons. The van der Waals surface area contributed by atoms with Gasteiger partial charge in [-0.05, 0) is 120 Å². The number of rotatable bonds is 7. The van der Waals surface area contributed by atoms with E-state index in [-0.39, 0.29) is 59.5 Å². The lowest BCUT2D eigenvalue weighted by atomic mass is 9.43. The van der Waals surface area contributed by atoms with E-state index >= 15 is 0 Å². The standard InChI is InChI=1S/C41H62O12/c1-21-14-26(42)17-34(48-21)52-37-23(3)50-36(19-32(37)44)53-38-22(2)49-35(18-31(38)43)51-27-8-11-39(4)25(16-27)6-7-30-29(39)9-12-40(5)28(10-13-41(30,40)46)24-15-33(45)47-20-24/h15,21-23,25-31,34-38,42-43,46H,6-14,16-20H2,1-5H3/t21-,22-,23-,25-,26-,27+,28-,29?,30-,31+,34+,35+,36+,37-,38-,39+,40-,41+/m1/s1. The Morgan fingerprint density at radius 2 is 1.55 bits per heavy atom. The SMILES string of the molecule is C[C@@H]1C[C@@H](O)C[C@H](O[C@H]2C(=O)C[C@H](O[C@H]3[C@@H](O)C[C@H](O[C@H]4CC[C@]5(C)C6CC[C@]7(C)[C@@H](C8=CC(=O)OC8)CC[C@]7(O)[C@@H]6CC[C@@H]5C4)O[C@@H]3C)O[C@@H]2C)O1. The van der Waals surface area contributed by atoms with Crippen molar-refractivity contribution in [2.24, 2.45) is 34.5 Å². The van der Waals surface area contributed by atoms with Crippen molar-refractivity contribution in [1.29, 1.82) is 0 Å². The summed E-state index contributed by atoms with van der Waals surface area (Å²) in [6.07, 6.45) is 5.29. The van der Waals surface area contributed by atoms with Gasteiger partial charge in [-0.3, -0.25) is 4.79 Å². The molecule has 18 atom stereocenters. The first-order chi connectivity index (χ1) is 25.2. The lowest BCUT2D eigenvalue weighted by molar-refractivity contribution is -0.314. The van der Waals surface area contributed by atoms with Crippen LogP contribution in [0.25, 0.3) is 0 Å². The number of esters is 1. The highest BCUT2D eigenvalue weighted by molar-refractivity contribution is 5.85. The highest BCUT2D eigenvalue weighted by atomic mass is 16.7. The molecule has 0 bridgehead atoms. The first kappa shape index (κ1) is 38.4. The third kappa shape index (κ3) is 6.88. The Morgan fingerprint density at radius 3 is 2.26 bits per heavy atom. The van der Waals surface area contributed by atoms with Crippen molar-refractivity contribution < 1.29 is 58.1 Å². The molecule has 3 N–H and O–H groups in total. The van der Waals surface area contributed by atoms with Crippen LogP contribution in [0.15, 0.2) is 11.6 Å². The molecular weight excluding hydrogens is 684 g/mol. The fraction of sp³-hybridized carbons (Fsp3) is 0.902. The van der Waals surface area contributed by atoms with Gasteiger partial charge in [0, 0.05) is 24.3 Å². The normalized spacial score (nSPS) is 53.0. The molecule has 4 saturated carbocycles. The van der Waals surface area contributed by atoms with E-state index in [4.69, 9.17) is 33.2 Å². The third-order valence-corrected chi connectivity index (χ3v) is 15.5. The molecule has 53 heavy (non-hydrogen) atoms. The molecule has 8 rings (SSSR count). The smallest absolute Gasteiger partial charge is 0.331 e. The van der Waals surface area contributed by atoms with E-state index in [1.165, 1.54) is 0 Å². The van der Waals surface area contributed by atoms with Crippen LogP contribution < -0.4 is 0 Å². The number of hydrogen-bond acceptors (Lipinski definition) is 12. The largest absolute Gasteiger partial charge is 0.458 e. The van der Waals surface area contributed by atoms with Crippen LogP contribution in [0.3, 0.4) is 0 Å². The van der Waals surface area contributed by atoms with Crippen LogP contribution in [0.1, 0.15) is 118 Å². The Hall–Kier alpha value is -1.48. The van der Waals surface area contributed by atoms with Crippen LogP contribution in [0.5, 0.6) is 0 Å². The summed E-state index contributed by atoms with van der Waals surface area (Å²) in [7, 11) is 0. The molecule has 8 aliphatic rings. The maximum absolute atomic E-state index is 13.1. The Bertz CT molecular complexity index is 1400. The lowest BCUT2D eigenvalue weighted by Gasteiger charge is -2.64. The van der Waals surface area contributed by atoms with E-state index in [0.29, 0.717) is 31.3 Å². The van der Waals surface area contributed by atoms with E-state index in [1.807, 2.05) is 13.8 Å². The number of carbonyl (C=O) groups excluding carboxylic acids is 2. The molecule has 12 nitrogen and oxygen atoms in total. The van der Waals surface area contributed by atoms with Crippen LogP contribution in [0, 0.1) is 34.5 Å². The summed E-state index contributed by atoms with van der Waals surface area (Å²) < 4.78 is 42.2. The van der Waals surface area contributed by atoms with Crippen LogP contribution in [0.2, 0.25) is 0 Å². The van der Waals surface area contributed by atoms with Gasteiger partial charge in [0.1, 0.15) is 18.8 Å². The molecule has 4 aliphatic carbocycles. The highest BCUT2D eigenvalue weighted by Gasteiger charge is 2.67. The van der Waals surface area contributed by atoms with E-state index in [1.54, 1.807) is 13.0 Å². The van der Waals surface area contributed by atoms with Gasteiger partial charge in [0.15, 0.2) is 24.7 Å². The second kappa shape index (κ2) is 14.5. The number of aliphatic hydroxyl groups is 3. The minimum atomic E-state index is -0.855. The number of hydrogen-bond donors (Lipinski definition) is 3. The summed E-state index contributed by atoms with van der Waals surface area (Å²) in [5, 5.41) is 33.9. The van der Waals surface area contributed by atoms with Crippen molar-refractivity contribution in [2.45, 2.75) is 191 Å². The number of carbonyl (C=O) groups is 2. The zero-order chi connectivity index (χ0) is 37.4. The Balaban J connectivity index is 0.831. The van der Waals surface area contributed by atoms with Crippen molar-refractivity contribution in [3.05, 3.63) is 11.6 Å². The van der Waals surface area contributed by atoms with Crippen LogP contribution in [0.4, 0.5) is 0 Å². The summed E-state index contributed by atoms with van der Waals surface area (Å²) >= 11 is 0. The van der Waals surface area contributed by atoms with Crippen molar-refractivity contribution in [1.82, 2.24) is 0 Å². The van der Waals surface area contributed by atoms with Crippen LogP contribution in [-0.2, 0) is 42.7 Å². The zero-order valence-electron chi connectivity index (χ0n) is 32.2. The Labute approximate surface area is 313 Å². The molecule has 4 heterocycles. The van der Waals surface area contributed by atoms with E-state index < -0.39 is 61.1 Å².